The zero-order valence-electron chi connectivity index (χ0n) is 8.49. The van der Waals surface area contributed by atoms with Gasteiger partial charge in [0.2, 0.25) is 0 Å². The van der Waals surface area contributed by atoms with Crippen molar-refractivity contribution in [1.29, 1.82) is 0 Å². The molecule has 0 saturated heterocycles. The highest BCUT2D eigenvalue weighted by atomic mass is 79.9. The Morgan fingerprint density at radius 1 is 1.11 bits per heavy atom. The van der Waals surface area contributed by atoms with E-state index in [0.717, 1.165) is 12.1 Å². The molecule has 0 nitrogen and oxygen atoms in total. The molecule has 0 aliphatic heterocycles. The number of benzene rings is 1. The molecule has 96 valence electrons. The predicted octanol–water partition coefficient (Wildman–Crippen LogP) is 5.91. The molecule has 2 aromatic rings. The lowest BCUT2D eigenvalue weighted by atomic mass is 10.1. The summed E-state index contributed by atoms with van der Waals surface area (Å²) in [5.74, 6) is -4.04. The molecule has 1 heterocycles. The van der Waals surface area contributed by atoms with Crippen molar-refractivity contribution in [3.63, 3.8) is 0 Å². The second-order valence-corrected chi connectivity index (χ2v) is 6.41. The molecular formula is C11H4BrCl2F3S. The maximum atomic E-state index is 13.1. The van der Waals surface area contributed by atoms with E-state index < -0.39 is 22.8 Å². The van der Waals surface area contributed by atoms with Crippen molar-refractivity contribution in [3.8, 4) is 0 Å². The Kier molecular flexibility index (Phi) is 4.26. The number of hydrogen-bond donors (Lipinski definition) is 0. The molecule has 1 aromatic carbocycles. The van der Waals surface area contributed by atoms with Crippen LogP contribution in [0.4, 0.5) is 13.2 Å². The van der Waals surface area contributed by atoms with Crippen molar-refractivity contribution in [2.24, 2.45) is 0 Å². The lowest BCUT2D eigenvalue weighted by molar-refractivity contribution is 0.445. The number of hydrogen-bond acceptors (Lipinski definition) is 1. The van der Waals surface area contributed by atoms with E-state index in [1.807, 2.05) is 0 Å². The van der Waals surface area contributed by atoms with E-state index in [0.29, 0.717) is 13.7 Å². The summed E-state index contributed by atoms with van der Waals surface area (Å²) in [6.45, 7) is 0. The summed E-state index contributed by atoms with van der Waals surface area (Å²) in [7, 11) is 0. The first-order chi connectivity index (χ1) is 8.40. The van der Waals surface area contributed by atoms with Gasteiger partial charge in [-0.25, -0.2) is 13.2 Å². The Morgan fingerprint density at radius 2 is 1.67 bits per heavy atom. The van der Waals surface area contributed by atoms with Crippen molar-refractivity contribution in [2.45, 2.75) is 5.38 Å². The van der Waals surface area contributed by atoms with Crippen LogP contribution in [0.3, 0.4) is 0 Å². The van der Waals surface area contributed by atoms with E-state index in [1.165, 1.54) is 11.3 Å². The summed E-state index contributed by atoms with van der Waals surface area (Å²) in [4.78, 5) is 0.610. The van der Waals surface area contributed by atoms with Crippen molar-refractivity contribution in [2.75, 3.05) is 0 Å². The highest BCUT2D eigenvalue weighted by Crippen LogP contribution is 2.40. The maximum Gasteiger partial charge on any atom is 0.194 e. The fourth-order valence-electron chi connectivity index (χ4n) is 1.37. The van der Waals surface area contributed by atoms with Gasteiger partial charge in [-0.3, -0.25) is 0 Å². The molecule has 0 aliphatic carbocycles. The highest BCUT2D eigenvalue weighted by Gasteiger charge is 2.19. The average molecular weight is 376 g/mol. The average Bonchev–Trinajstić information content (AvgIpc) is 2.65. The fourth-order valence-corrected chi connectivity index (χ4v) is 3.44. The van der Waals surface area contributed by atoms with E-state index in [-0.39, 0.29) is 5.56 Å². The molecular weight excluding hydrogens is 372 g/mol. The molecule has 7 heteroatoms. The summed E-state index contributed by atoms with van der Waals surface area (Å²) in [6, 6.07) is 3.40. The number of rotatable bonds is 2. The molecule has 1 unspecified atom stereocenters. The monoisotopic (exact) mass is 374 g/mol. The van der Waals surface area contributed by atoms with Gasteiger partial charge in [-0.2, -0.15) is 0 Å². The lowest BCUT2D eigenvalue weighted by Gasteiger charge is -2.08. The number of thiophene rings is 1. The molecule has 2 rings (SSSR count). The van der Waals surface area contributed by atoms with Crippen LogP contribution in [-0.2, 0) is 0 Å². The number of halogens is 6. The zero-order chi connectivity index (χ0) is 13.4. The van der Waals surface area contributed by atoms with Crippen LogP contribution in [-0.4, -0.2) is 0 Å². The van der Waals surface area contributed by atoms with Crippen LogP contribution in [0, 0.1) is 17.5 Å². The lowest BCUT2D eigenvalue weighted by Crippen LogP contribution is -1.97. The molecule has 18 heavy (non-hydrogen) atoms. The van der Waals surface area contributed by atoms with Gasteiger partial charge in [0.15, 0.2) is 17.5 Å². The molecule has 1 aromatic heterocycles. The maximum absolute atomic E-state index is 13.1. The minimum Gasteiger partial charge on any atom is -0.204 e. The standard InChI is InChI=1S/C11H4BrCl2F3S/c12-5-3-8(18-11(5)14)9(13)4-1-6(15)10(17)7(16)2-4/h1-3,9H. The quantitative estimate of drug-likeness (QED) is 0.452. The second kappa shape index (κ2) is 5.41. The van der Waals surface area contributed by atoms with Crippen LogP contribution in [0.1, 0.15) is 15.8 Å². The Bertz CT molecular complexity index is 557. The van der Waals surface area contributed by atoms with Crippen molar-refractivity contribution in [3.05, 3.63) is 54.9 Å². The third kappa shape index (κ3) is 2.69. The second-order valence-electron chi connectivity index (χ2n) is 3.43. The van der Waals surface area contributed by atoms with Crippen LogP contribution in [0.2, 0.25) is 4.34 Å². The first kappa shape index (κ1) is 14.2. The van der Waals surface area contributed by atoms with Crippen LogP contribution >= 0.6 is 50.5 Å². The first-order valence-electron chi connectivity index (χ1n) is 4.63. The van der Waals surface area contributed by atoms with Gasteiger partial charge in [0.25, 0.3) is 0 Å². The normalized spacial score (nSPS) is 12.8. The van der Waals surface area contributed by atoms with E-state index >= 15 is 0 Å². The van der Waals surface area contributed by atoms with Gasteiger partial charge in [-0.15, -0.1) is 22.9 Å². The molecule has 0 fully saturated rings. The molecule has 0 saturated carbocycles. The largest absolute Gasteiger partial charge is 0.204 e. The summed E-state index contributed by atoms with van der Waals surface area (Å²) in [5.41, 5.74) is 0.137. The van der Waals surface area contributed by atoms with Gasteiger partial charge in [0.05, 0.1) is 5.38 Å². The molecule has 0 spiro atoms. The first-order valence-corrected chi connectivity index (χ1v) is 7.05. The van der Waals surface area contributed by atoms with Crippen LogP contribution in [0.15, 0.2) is 22.7 Å². The van der Waals surface area contributed by atoms with Crippen molar-refractivity contribution < 1.29 is 13.2 Å². The topological polar surface area (TPSA) is 0 Å². The molecule has 0 radical (unpaired) electrons. The zero-order valence-corrected chi connectivity index (χ0v) is 12.4. The van der Waals surface area contributed by atoms with E-state index in [2.05, 4.69) is 15.9 Å². The third-order valence-electron chi connectivity index (χ3n) is 2.21. The minimum absolute atomic E-state index is 0.137. The summed E-state index contributed by atoms with van der Waals surface area (Å²) in [6.07, 6.45) is 0. The SMILES string of the molecule is Fc1cc(C(Cl)c2cc(Br)c(Cl)s2)cc(F)c1F. The highest BCUT2D eigenvalue weighted by molar-refractivity contribution is 9.10. The minimum atomic E-state index is -1.51. The Morgan fingerprint density at radius 3 is 2.11 bits per heavy atom. The van der Waals surface area contributed by atoms with Crippen molar-refractivity contribution >= 4 is 50.5 Å². The molecule has 0 bridgehead atoms. The Labute approximate surface area is 123 Å². The molecule has 1 atom stereocenters. The van der Waals surface area contributed by atoms with Gasteiger partial charge in [0.1, 0.15) is 4.34 Å². The Hall–Kier alpha value is -0.230. The smallest absolute Gasteiger partial charge is 0.194 e. The number of alkyl halides is 1. The summed E-state index contributed by atoms with van der Waals surface area (Å²) in [5, 5.41) is -0.789. The van der Waals surface area contributed by atoms with Gasteiger partial charge in [-0.1, -0.05) is 11.6 Å². The van der Waals surface area contributed by atoms with Gasteiger partial charge < -0.3 is 0 Å². The summed E-state index contributed by atoms with van der Waals surface area (Å²) >= 11 is 16.3. The Balaban J connectivity index is 2.42. The van der Waals surface area contributed by atoms with E-state index in [1.54, 1.807) is 6.07 Å². The van der Waals surface area contributed by atoms with Gasteiger partial charge in [-0.05, 0) is 39.7 Å². The van der Waals surface area contributed by atoms with Crippen LogP contribution < -0.4 is 0 Å². The summed E-state index contributed by atoms with van der Waals surface area (Å²) < 4.78 is 40.2. The molecule has 0 aliphatic rings. The third-order valence-corrected chi connectivity index (χ3v) is 5.37. The van der Waals surface area contributed by atoms with Gasteiger partial charge >= 0.3 is 0 Å². The van der Waals surface area contributed by atoms with Crippen LogP contribution in [0.5, 0.6) is 0 Å². The fraction of sp³-hybridized carbons (Fsp3) is 0.0909. The van der Waals surface area contributed by atoms with Crippen LogP contribution in [0.25, 0.3) is 0 Å². The molecule has 0 amide bonds. The van der Waals surface area contributed by atoms with E-state index in [4.69, 9.17) is 23.2 Å². The van der Waals surface area contributed by atoms with Crippen molar-refractivity contribution in [1.82, 2.24) is 0 Å². The predicted molar refractivity (Wildman–Crippen MR) is 71.0 cm³/mol. The van der Waals surface area contributed by atoms with E-state index in [9.17, 15) is 13.2 Å². The molecule has 0 N–H and O–H groups in total. The van der Waals surface area contributed by atoms with Gasteiger partial charge in [0, 0.05) is 9.35 Å².